The van der Waals surface area contributed by atoms with E-state index in [9.17, 15) is 2.74 Å². The van der Waals surface area contributed by atoms with E-state index in [2.05, 4.69) is 0 Å². The van der Waals surface area contributed by atoms with Gasteiger partial charge in [-0.2, -0.15) is 0 Å². The number of hydrogen-bond donors (Lipinski definition) is 1. The van der Waals surface area contributed by atoms with Crippen LogP contribution in [0.3, 0.4) is 0 Å². The third-order valence-corrected chi connectivity index (χ3v) is 6.43. The molecular formula is C30H37N. The standard InChI is InChI=1S/C30H37N/c1-28(2,3)21-13-15-23(24(17-21)20-11-9-8-10-12-20)27-19-29(4,5)26-18-22(31)14-16-25(26)30(27,6)7/h8-18,27H,19,31H2,1-7H3/i8D,9D,10D,11D,12D,13D,14D,15D,16D,17D,18D. The van der Waals surface area contributed by atoms with Gasteiger partial charge in [0.05, 0.1) is 15.1 Å². The van der Waals surface area contributed by atoms with Crippen molar-refractivity contribution in [3.05, 3.63) is 88.7 Å². The summed E-state index contributed by atoms with van der Waals surface area (Å²) < 4.78 is 96.3. The van der Waals surface area contributed by atoms with Gasteiger partial charge < -0.3 is 5.73 Å². The van der Waals surface area contributed by atoms with Crippen molar-refractivity contribution in [3.63, 3.8) is 0 Å². The maximum atomic E-state index is 9.38. The summed E-state index contributed by atoms with van der Waals surface area (Å²) in [6.45, 7) is 12.8. The Morgan fingerprint density at radius 1 is 0.871 bits per heavy atom. The van der Waals surface area contributed by atoms with Gasteiger partial charge in [-0.05, 0) is 74.0 Å². The monoisotopic (exact) mass is 422 g/mol. The van der Waals surface area contributed by atoms with Crippen molar-refractivity contribution in [3.8, 4) is 11.1 Å². The largest absolute Gasteiger partial charge is 0.399 e. The summed E-state index contributed by atoms with van der Waals surface area (Å²) in [5, 5.41) is 0. The molecule has 31 heavy (non-hydrogen) atoms. The average Bonchev–Trinajstić information content (AvgIpc) is 2.87. The summed E-state index contributed by atoms with van der Waals surface area (Å²) in [6.07, 6.45) is 0.292. The van der Waals surface area contributed by atoms with Crippen molar-refractivity contribution in [1.29, 1.82) is 0 Å². The maximum absolute atomic E-state index is 9.38. The van der Waals surface area contributed by atoms with E-state index in [1.165, 1.54) is 0 Å². The molecule has 0 saturated heterocycles. The van der Waals surface area contributed by atoms with E-state index < -0.39 is 52.4 Å². The van der Waals surface area contributed by atoms with E-state index in [0.717, 1.165) is 0 Å². The van der Waals surface area contributed by atoms with E-state index in [4.69, 9.17) is 18.1 Å². The van der Waals surface area contributed by atoms with Gasteiger partial charge >= 0.3 is 0 Å². The first kappa shape index (κ1) is 11.9. The van der Waals surface area contributed by atoms with Crippen LogP contribution in [0, 0.1) is 0 Å². The molecule has 1 heteroatoms. The molecule has 0 saturated carbocycles. The van der Waals surface area contributed by atoms with Gasteiger partial charge in [0.1, 0.15) is 0 Å². The second kappa shape index (κ2) is 7.26. The van der Waals surface area contributed by atoms with Gasteiger partial charge in [0.2, 0.25) is 0 Å². The third-order valence-electron chi connectivity index (χ3n) is 6.43. The van der Waals surface area contributed by atoms with E-state index in [1.807, 2.05) is 27.7 Å². The first-order valence-electron chi connectivity index (χ1n) is 16.1. The minimum atomic E-state index is -1.03. The summed E-state index contributed by atoms with van der Waals surface area (Å²) in [7, 11) is 0. The normalized spacial score (nSPS) is 24.6. The Kier molecular flexibility index (Phi) is 2.79. The van der Waals surface area contributed by atoms with Crippen molar-refractivity contribution in [2.45, 2.75) is 77.0 Å². The first-order chi connectivity index (χ1) is 19.0. The lowest BCUT2D eigenvalue weighted by Crippen LogP contribution is -2.40. The molecule has 1 unspecified atom stereocenters. The topological polar surface area (TPSA) is 26.0 Å². The lowest BCUT2D eigenvalue weighted by Gasteiger charge is -2.48. The predicted molar refractivity (Wildman–Crippen MR) is 135 cm³/mol. The molecule has 0 bridgehead atoms. The molecule has 0 aliphatic heterocycles. The lowest BCUT2D eigenvalue weighted by molar-refractivity contribution is 0.283. The van der Waals surface area contributed by atoms with Crippen LogP contribution in [0.1, 0.15) is 98.1 Å². The molecule has 0 spiro atoms. The number of fused-ring (bicyclic) bond motifs is 1. The molecule has 0 fully saturated rings. The minimum absolute atomic E-state index is 0.00872. The second-order valence-corrected chi connectivity index (χ2v) is 10.7. The first-order valence-corrected chi connectivity index (χ1v) is 10.6. The van der Waals surface area contributed by atoms with Crippen LogP contribution in [0.25, 0.3) is 11.1 Å². The Labute approximate surface area is 204 Å². The van der Waals surface area contributed by atoms with Crippen molar-refractivity contribution in [1.82, 2.24) is 0 Å². The molecule has 3 aromatic carbocycles. The van der Waals surface area contributed by atoms with Crippen molar-refractivity contribution >= 4 is 5.69 Å². The van der Waals surface area contributed by atoms with Crippen molar-refractivity contribution < 1.29 is 15.1 Å². The molecule has 1 nitrogen and oxygen atoms in total. The smallest absolute Gasteiger partial charge is 0.0648 e. The highest BCUT2D eigenvalue weighted by molar-refractivity contribution is 5.70. The molecule has 0 heterocycles. The Balaban J connectivity index is 2.27. The molecule has 1 atom stereocenters. The number of anilines is 1. The van der Waals surface area contributed by atoms with Crippen LogP contribution in [-0.2, 0) is 16.2 Å². The zero-order valence-electron chi connectivity index (χ0n) is 30.4. The Bertz CT molecular complexity index is 1640. The van der Waals surface area contributed by atoms with Crippen LogP contribution in [-0.4, -0.2) is 0 Å². The zero-order valence-corrected chi connectivity index (χ0v) is 19.4. The summed E-state index contributed by atoms with van der Waals surface area (Å²) in [5.74, 6) is -0.686. The Hall–Kier alpha value is -2.54. The fraction of sp³-hybridized carbons (Fsp3) is 0.400. The number of nitrogens with two attached hydrogens (primary N) is 1. The number of benzene rings is 3. The van der Waals surface area contributed by atoms with E-state index in [1.54, 1.807) is 20.8 Å². The van der Waals surface area contributed by atoms with Gasteiger partial charge in [-0.15, -0.1) is 0 Å². The molecule has 162 valence electrons. The van der Waals surface area contributed by atoms with Crippen LogP contribution < -0.4 is 5.73 Å². The highest BCUT2D eigenvalue weighted by Crippen LogP contribution is 2.55. The minimum Gasteiger partial charge on any atom is -0.399 e. The highest BCUT2D eigenvalue weighted by Gasteiger charge is 2.45. The average molecular weight is 423 g/mol. The number of rotatable bonds is 2. The highest BCUT2D eigenvalue weighted by atomic mass is 14.6. The molecule has 0 amide bonds. The summed E-state index contributed by atoms with van der Waals surface area (Å²) >= 11 is 0. The molecule has 4 rings (SSSR count). The quantitative estimate of drug-likeness (QED) is 0.416. The molecular weight excluding hydrogens is 374 g/mol. The number of nitrogen functional groups attached to an aromatic ring is 1. The van der Waals surface area contributed by atoms with Gasteiger partial charge in [-0.1, -0.05) is 103 Å². The Morgan fingerprint density at radius 2 is 1.55 bits per heavy atom. The number of hydrogen-bond acceptors (Lipinski definition) is 1. The molecule has 1 aliphatic carbocycles. The van der Waals surface area contributed by atoms with Crippen LogP contribution >= 0.6 is 0 Å². The molecule has 2 N–H and O–H groups in total. The van der Waals surface area contributed by atoms with Gasteiger partial charge in [0.25, 0.3) is 0 Å². The lowest BCUT2D eigenvalue weighted by atomic mass is 9.55. The van der Waals surface area contributed by atoms with E-state index in [0.29, 0.717) is 17.5 Å². The fourth-order valence-corrected chi connectivity index (χ4v) is 4.54. The van der Waals surface area contributed by atoms with Crippen LogP contribution in [0.4, 0.5) is 5.69 Å². The van der Waals surface area contributed by atoms with Gasteiger partial charge in [0.15, 0.2) is 0 Å². The zero-order chi connectivity index (χ0) is 32.2. The summed E-state index contributed by atoms with van der Waals surface area (Å²) in [5.41, 5.74) is 4.58. The van der Waals surface area contributed by atoms with Crippen molar-refractivity contribution in [2.24, 2.45) is 0 Å². The van der Waals surface area contributed by atoms with Gasteiger partial charge in [-0.25, -0.2) is 0 Å². The van der Waals surface area contributed by atoms with Crippen molar-refractivity contribution in [2.75, 3.05) is 5.73 Å². The fourth-order valence-electron chi connectivity index (χ4n) is 4.54. The molecule has 3 aromatic rings. The van der Waals surface area contributed by atoms with Crippen LogP contribution in [0.5, 0.6) is 0 Å². The predicted octanol–water partition coefficient (Wildman–Crippen LogP) is 7.98. The Morgan fingerprint density at radius 3 is 2.19 bits per heavy atom. The third kappa shape index (κ3) is 3.80. The maximum Gasteiger partial charge on any atom is 0.0648 e. The van der Waals surface area contributed by atoms with Crippen LogP contribution in [0.2, 0.25) is 0 Å². The van der Waals surface area contributed by atoms with Crippen LogP contribution in [0.15, 0.2) is 66.5 Å². The van der Waals surface area contributed by atoms with E-state index >= 15 is 0 Å². The van der Waals surface area contributed by atoms with Gasteiger partial charge in [-0.3, -0.25) is 0 Å². The van der Waals surface area contributed by atoms with Gasteiger partial charge in [0, 0.05) is 5.69 Å². The second-order valence-electron chi connectivity index (χ2n) is 10.7. The summed E-state index contributed by atoms with van der Waals surface area (Å²) in [6, 6.07) is -3.71. The molecule has 1 aliphatic rings. The molecule has 0 radical (unpaired) electrons. The summed E-state index contributed by atoms with van der Waals surface area (Å²) in [4.78, 5) is 0. The molecule has 0 aromatic heterocycles. The SMILES string of the molecule is [2H]c1c([2H])c([2H])c(-c2c([2H])c(C(C)(C)C)c([2H])c([2H])c2C2CC(C)(C)c3c([2H])c(N)c([2H])c([2H])c3C2(C)C)c([2H])c1[2H]. The van der Waals surface area contributed by atoms with E-state index in [-0.39, 0.29) is 64.2 Å².